The molecule has 1 aliphatic heterocycles. The van der Waals surface area contributed by atoms with Crippen molar-refractivity contribution in [1.82, 2.24) is 9.88 Å². The minimum Gasteiger partial charge on any atom is -0.477 e. The van der Waals surface area contributed by atoms with Crippen molar-refractivity contribution in [1.29, 1.82) is 0 Å². The summed E-state index contributed by atoms with van der Waals surface area (Å²) in [5.74, 6) is 0.659. The quantitative estimate of drug-likeness (QED) is 0.818. The van der Waals surface area contributed by atoms with Gasteiger partial charge in [0.2, 0.25) is 5.43 Å². The van der Waals surface area contributed by atoms with E-state index in [1.165, 1.54) is 6.20 Å². The van der Waals surface area contributed by atoms with Gasteiger partial charge < -0.3 is 19.9 Å². The molecule has 26 heavy (non-hydrogen) atoms. The molecule has 6 nitrogen and oxygen atoms in total. The first-order valence-electron chi connectivity index (χ1n) is 8.60. The predicted octanol–water partition coefficient (Wildman–Crippen LogP) is 1.56. The van der Waals surface area contributed by atoms with Crippen molar-refractivity contribution in [2.45, 2.75) is 18.9 Å². The zero-order chi connectivity index (χ0) is 18.4. The molecule has 1 aliphatic carbocycles. The van der Waals surface area contributed by atoms with E-state index in [2.05, 4.69) is 11.2 Å². The van der Waals surface area contributed by atoms with Crippen LogP contribution in [0.2, 0.25) is 0 Å². The Kier molecular flexibility index (Phi) is 3.93. The molecule has 0 spiro atoms. The Morgan fingerprint density at radius 1 is 1.35 bits per heavy atom. The smallest absolute Gasteiger partial charge is 0.341 e. The third-order valence-electron chi connectivity index (χ3n) is 4.99. The zero-order valence-electron chi connectivity index (χ0n) is 14.1. The normalized spacial score (nSPS) is 17.3. The molecule has 7 heteroatoms. The molecular weight excluding hydrogens is 337 g/mol. The van der Waals surface area contributed by atoms with Crippen LogP contribution in [0.3, 0.4) is 0 Å². The molecule has 0 amide bonds. The van der Waals surface area contributed by atoms with Crippen LogP contribution in [0.1, 0.15) is 34.8 Å². The van der Waals surface area contributed by atoms with Crippen LogP contribution in [0, 0.1) is 18.2 Å². The van der Waals surface area contributed by atoms with Gasteiger partial charge in [0.15, 0.2) is 0 Å². The largest absolute Gasteiger partial charge is 0.477 e. The molecule has 1 saturated carbocycles. The highest BCUT2D eigenvalue weighted by atomic mass is 19.1. The summed E-state index contributed by atoms with van der Waals surface area (Å²) in [5.41, 5.74) is 0.0366. The number of carboxylic acid groups (broad SMARTS) is 1. The summed E-state index contributed by atoms with van der Waals surface area (Å²) in [6.07, 6.45) is 8.84. The summed E-state index contributed by atoms with van der Waals surface area (Å²) in [4.78, 5) is 26.0. The number of halogens is 1. The second-order valence-corrected chi connectivity index (χ2v) is 6.68. The van der Waals surface area contributed by atoms with Crippen LogP contribution < -0.4 is 15.6 Å². The number of benzene rings is 1. The molecule has 2 N–H and O–H groups in total. The predicted molar refractivity (Wildman–Crippen MR) is 96.4 cm³/mol. The Bertz CT molecular complexity index is 1010. The van der Waals surface area contributed by atoms with Crippen molar-refractivity contribution >= 4 is 22.6 Å². The number of hydrogen-bond acceptors (Lipinski definition) is 4. The van der Waals surface area contributed by atoms with E-state index >= 15 is 0 Å². The number of piperazine rings is 1. The fraction of sp³-hybridized carbons (Fsp3) is 0.368. The lowest BCUT2D eigenvalue weighted by atomic mass is 10.0. The molecule has 1 aromatic heterocycles. The second-order valence-electron chi connectivity index (χ2n) is 6.68. The van der Waals surface area contributed by atoms with Crippen LogP contribution in [-0.4, -0.2) is 41.8 Å². The van der Waals surface area contributed by atoms with Crippen LogP contribution >= 0.6 is 0 Å². The molecule has 4 rings (SSSR count). The van der Waals surface area contributed by atoms with Crippen molar-refractivity contribution < 1.29 is 14.3 Å². The highest BCUT2D eigenvalue weighted by Gasteiger charge is 2.30. The minimum absolute atomic E-state index is 0.0288. The number of carboxylic acids is 1. The number of aromatic carboxylic acids is 1. The van der Waals surface area contributed by atoms with Crippen molar-refractivity contribution in [2.75, 3.05) is 31.1 Å². The molecular formula is C19H18FN3O3. The SMILES string of the molecule is C#Cc1c(N2CCNCC2)c(F)cc2c(=O)c(C(=O)O)cn(C3CC3)c12. The molecule has 134 valence electrons. The fourth-order valence-corrected chi connectivity index (χ4v) is 3.61. The number of fused-ring (bicyclic) bond motifs is 1. The van der Waals surface area contributed by atoms with Gasteiger partial charge in [-0.25, -0.2) is 9.18 Å². The van der Waals surface area contributed by atoms with E-state index in [0.717, 1.165) is 32.0 Å². The molecule has 0 radical (unpaired) electrons. The van der Waals surface area contributed by atoms with Crippen LogP contribution in [0.5, 0.6) is 0 Å². The fourth-order valence-electron chi connectivity index (χ4n) is 3.61. The number of aromatic nitrogens is 1. The van der Waals surface area contributed by atoms with E-state index in [1.54, 1.807) is 4.57 Å². The van der Waals surface area contributed by atoms with Crippen LogP contribution in [0.25, 0.3) is 10.9 Å². The number of anilines is 1. The maximum absolute atomic E-state index is 15.0. The van der Waals surface area contributed by atoms with Gasteiger partial charge >= 0.3 is 5.97 Å². The van der Waals surface area contributed by atoms with E-state index in [-0.39, 0.29) is 17.0 Å². The number of nitrogens with zero attached hydrogens (tertiary/aromatic N) is 2. The van der Waals surface area contributed by atoms with Gasteiger partial charge in [-0.05, 0) is 18.9 Å². The first-order valence-corrected chi connectivity index (χ1v) is 8.60. The Morgan fingerprint density at radius 2 is 2.04 bits per heavy atom. The second kappa shape index (κ2) is 6.15. The average molecular weight is 355 g/mol. The van der Waals surface area contributed by atoms with Crippen LogP contribution in [0.15, 0.2) is 17.1 Å². The Hall–Kier alpha value is -2.85. The summed E-state index contributed by atoms with van der Waals surface area (Å²) in [5, 5.41) is 12.6. The summed E-state index contributed by atoms with van der Waals surface area (Å²) in [7, 11) is 0. The molecule has 0 unspecified atom stereocenters. The van der Waals surface area contributed by atoms with Crippen molar-refractivity contribution in [2.24, 2.45) is 0 Å². The lowest BCUT2D eigenvalue weighted by Crippen LogP contribution is -2.44. The highest BCUT2D eigenvalue weighted by molar-refractivity contribution is 5.96. The summed E-state index contributed by atoms with van der Waals surface area (Å²) in [6.45, 7) is 2.65. The van der Waals surface area contributed by atoms with E-state index in [4.69, 9.17) is 6.42 Å². The van der Waals surface area contributed by atoms with E-state index < -0.39 is 17.2 Å². The summed E-state index contributed by atoms with van der Waals surface area (Å²) < 4.78 is 16.7. The van der Waals surface area contributed by atoms with Gasteiger partial charge in [0.1, 0.15) is 11.4 Å². The lowest BCUT2D eigenvalue weighted by Gasteiger charge is -2.31. The Labute approximate surface area is 149 Å². The first kappa shape index (κ1) is 16.6. The Balaban J connectivity index is 2.08. The molecule has 0 atom stereocenters. The van der Waals surface area contributed by atoms with Gasteiger partial charge in [-0.3, -0.25) is 4.79 Å². The first-order chi connectivity index (χ1) is 12.5. The van der Waals surface area contributed by atoms with Crippen LogP contribution in [0.4, 0.5) is 10.1 Å². The maximum atomic E-state index is 15.0. The molecule has 2 aliphatic rings. The molecule has 1 aromatic carbocycles. The van der Waals surface area contributed by atoms with Gasteiger partial charge in [0.25, 0.3) is 0 Å². The summed E-state index contributed by atoms with van der Waals surface area (Å²) in [6, 6.07) is 1.23. The van der Waals surface area contributed by atoms with E-state index in [1.807, 2.05) is 4.90 Å². The van der Waals surface area contributed by atoms with E-state index in [9.17, 15) is 19.1 Å². The van der Waals surface area contributed by atoms with Crippen LogP contribution in [-0.2, 0) is 0 Å². The molecule has 2 heterocycles. The highest BCUT2D eigenvalue weighted by Crippen LogP contribution is 2.40. The van der Waals surface area contributed by atoms with Gasteiger partial charge in [0, 0.05) is 38.4 Å². The number of pyridine rings is 1. The Morgan fingerprint density at radius 3 is 2.62 bits per heavy atom. The number of nitrogens with one attached hydrogen (secondary N) is 1. The average Bonchev–Trinajstić information content (AvgIpc) is 3.47. The van der Waals surface area contributed by atoms with Gasteiger partial charge in [-0.2, -0.15) is 0 Å². The number of carbonyl (C=O) groups is 1. The van der Waals surface area contributed by atoms with Crippen molar-refractivity contribution in [3.05, 3.63) is 39.4 Å². The topological polar surface area (TPSA) is 74.6 Å². The number of hydrogen-bond donors (Lipinski definition) is 2. The zero-order valence-corrected chi connectivity index (χ0v) is 14.1. The molecule has 2 fully saturated rings. The third-order valence-corrected chi connectivity index (χ3v) is 4.99. The monoisotopic (exact) mass is 355 g/mol. The summed E-state index contributed by atoms with van der Waals surface area (Å²) >= 11 is 0. The van der Waals surface area contributed by atoms with Gasteiger partial charge in [-0.1, -0.05) is 5.92 Å². The molecule has 1 saturated heterocycles. The third kappa shape index (κ3) is 2.54. The maximum Gasteiger partial charge on any atom is 0.341 e. The molecule has 2 aromatic rings. The molecule has 0 bridgehead atoms. The standard InChI is InChI=1S/C19H18FN3O3/c1-2-12-16-13(9-15(20)17(12)22-7-5-21-6-8-22)18(24)14(19(25)26)10-23(16)11-3-4-11/h1,9-11,21H,3-8H2,(H,25,26). The van der Waals surface area contributed by atoms with Crippen molar-refractivity contribution in [3.8, 4) is 12.3 Å². The minimum atomic E-state index is -1.32. The van der Waals surface area contributed by atoms with Gasteiger partial charge in [0.05, 0.1) is 22.2 Å². The lowest BCUT2D eigenvalue weighted by molar-refractivity contribution is 0.0695. The van der Waals surface area contributed by atoms with Crippen molar-refractivity contribution in [3.63, 3.8) is 0 Å². The van der Waals surface area contributed by atoms with E-state index in [0.29, 0.717) is 29.9 Å². The van der Waals surface area contributed by atoms with Gasteiger partial charge in [-0.15, -0.1) is 6.42 Å². The number of rotatable bonds is 3. The number of terminal acetylenes is 1.